The van der Waals surface area contributed by atoms with Crippen LogP contribution in [0.25, 0.3) is 0 Å². The van der Waals surface area contributed by atoms with Gasteiger partial charge in [0, 0.05) is 12.6 Å². The lowest BCUT2D eigenvalue weighted by Crippen LogP contribution is -2.52. The lowest BCUT2D eigenvalue weighted by molar-refractivity contribution is 0.231. The second kappa shape index (κ2) is 4.88. The number of likely N-dealkylation sites (N-methyl/N-ethyl adjacent to an activating group) is 1. The fraction of sp³-hybridized carbons (Fsp3) is 0.333. The summed E-state index contributed by atoms with van der Waals surface area (Å²) in [5, 5.41) is 7.95. The lowest BCUT2D eigenvalue weighted by atomic mass is 10.1. The third-order valence-electron chi connectivity index (χ3n) is 3.54. The van der Waals surface area contributed by atoms with Gasteiger partial charge in [-0.1, -0.05) is 24.3 Å². The van der Waals surface area contributed by atoms with E-state index in [2.05, 4.69) is 0 Å². The molecular weight excluding hydrogens is 238 g/mol. The van der Waals surface area contributed by atoms with Gasteiger partial charge in [0.25, 0.3) is 0 Å². The molecule has 1 aliphatic heterocycles. The molecule has 1 fully saturated rings. The molecule has 4 heteroatoms. The summed E-state index contributed by atoms with van der Waals surface area (Å²) in [6.07, 6.45) is 1.89. The van der Waals surface area contributed by atoms with Crippen LogP contribution in [0.2, 0.25) is 0 Å². The molecule has 0 unspecified atom stereocenters. The van der Waals surface area contributed by atoms with E-state index in [9.17, 15) is 4.79 Å². The first kappa shape index (κ1) is 13.3. The standard InChI is InChI=1S/C15H19N3O/c1-5-12-9-18(15(19)17(4)14(12)16)13-10(2)7-6-8-11(13)3/h5-8,16H,9H2,1-4H3/b12-5-,16-14?. The Balaban J connectivity index is 2.50. The third-order valence-corrected chi connectivity index (χ3v) is 3.54. The molecule has 0 saturated carbocycles. The highest BCUT2D eigenvalue weighted by Gasteiger charge is 2.32. The van der Waals surface area contributed by atoms with Crippen LogP contribution < -0.4 is 4.90 Å². The van der Waals surface area contributed by atoms with Crippen molar-refractivity contribution in [2.45, 2.75) is 20.8 Å². The number of amidine groups is 1. The summed E-state index contributed by atoms with van der Waals surface area (Å²) in [6.45, 7) is 6.37. The fourth-order valence-electron chi connectivity index (χ4n) is 2.44. The molecule has 2 amide bonds. The molecular formula is C15H19N3O. The quantitative estimate of drug-likeness (QED) is 0.825. The van der Waals surface area contributed by atoms with Gasteiger partial charge in [0.15, 0.2) is 0 Å². The highest BCUT2D eigenvalue weighted by atomic mass is 16.2. The zero-order chi connectivity index (χ0) is 14.2. The summed E-state index contributed by atoms with van der Waals surface area (Å²) < 4.78 is 0. The predicted molar refractivity (Wildman–Crippen MR) is 77.9 cm³/mol. The number of urea groups is 1. The molecule has 1 aromatic rings. The van der Waals surface area contributed by atoms with E-state index in [-0.39, 0.29) is 11.9 Å². The maximum atomic E-state index is 12.4. The van der Waals surface area contributed by atoms with Crippen LogP contribution in [0, 0.1) is 19.3 Å². The SMILES string of the molecule is C/C=C1/CN(c2c(C)cccc2C)C(=O)N(C)C1=N. The molecule has 0 aliphatic carbocycles. The van der Waals surface area contributed by atoms with Gasteiger partial charge in [0.1, 0.15) is 5.84 Å². The third kappa shape index (κ3) is 2.14. The lowest BCUT2D eigenvalue weighted by Gasteiger charge is -2.36. The number of allylic oxidation sites excluding steroid dienone is 1. The first-order chi connectivity index (χ1) is 8.97. The van der Waals surface area contributed by atoms with E-state index in [4.69, 9.17) is 5.41 Å². The van der Waals surface area contributed by atoms with E-state index >= 15 is 0 Å². The zero-order valence-corrected chi connectivity index (χ0v) is 11.8. The number of hydrogen-bond donors (Lipinski definition) is 1. The summed E-state index contributed by atoms with van der Waals surface area (Å²) >= 11 is 0. The molecule has 1 aliphatic rings. The van der Waals surface area contributed by atoms with Crippen LogP contribution in [0.5, 0.6) is 0 Å². The Kier molecular flexibility index (Phi) is 3.42. The maximum Gasteiger partial charge on any atom is 0.330 e. The smallest absolute Gasteiger partial charge is 0.289 e. The molecule has 0 radical (unpaired) electrons. The van der Waals surface area contributed by atoms with Gasteiger partial charge in [-0.25, -0.2) is 4.79 Å². The number of rotatable bonds is 1. The van der Waals surface area contributed by atoms with E-state index in [1.165, 1.54) is 4.90 Å². The normalized spacial score (nSPS) is 18.4. The van der Waals surface area contributed by atoms with Crippen LogP contribution in [-0.2, 0) is 0 Å². The molecule has 1 N–H and O–H groups in total. The van der Waals surface area contributed by atoms with Gasteiger partial charge in [-0.2, -0.15) is 0 Å². The van der Waals surface area contributed by atoms with Crippen molar-refractivity contribution in [3.63, 3.8) is 0 Å². The molecule has 19 heavy (non-hydrogen) atoms. The number of benzene rings is 1. The van der Waals surface area contributed by atoms with Gasteiger partial charge < -0.3 is 0 Å². The molecule has 100 valence electrons. The van der Waals surface area contributed by atoms with Crippen LogP contribution >= 0.6 is 0 Å². The number of amides is 2. The Labute approximate surface area is 113 Å². The average molecular weight is 257 g/mol. The van der Waals surface area contributed by atoms with Crippen LogP contribution in [0.1, 0.15) is 18.1 Å². The number of nitrogens with zero attached hydrogens (tertiary/aromatic N) is 2. The number of carbonyl (C=O) groups is 1. The number of hydrogen-bond acceptors (Lipinski definition) is 2. The highest BCUT2D eigenvalue weighted by molar-refractivity contribution is 6.14. The molecule has 2 rings (SSSR count). The molecule has 1 aromatic carbocycles. The minimum atomic E-state index is -0.145. The van der Waals surface area contributed by atoms with Gasteiger partial charge in [-0.15, -0.1) is 0 Å². The number of para-hydroxylation sites is 1. The Hall–Kier alpha value is -2.10. The van der Waals surface area contributed by atoms with Crippen molar-refractivity contribution >= 4 is 17.6 Å². The minimum Gasteiger partial charge on any atom is -0.289 e. The summed E-state index contributed by atoms with van der Waals surface area (Å²) in [5.74, 6) is 0.287. The monoisotopic (exact) mass is 257 g/mol. The Morgan fingerprint density at radius 1 is 1.26 bits per heavy atom. The average Bonchev–Trinajstić information content (AvgIpc) is 2.38. The molecule has 0 atom stereocenters. The largest absolute Gasteiger partial charge is 0.330 e. The highest BCUT2D eigenvalue weighted by Crippen LogP contribution is 2.28. The van der Waals surface area contributed by atoms with E-state index in [0.717, 1.165) is 22.4 Å². The summed E-state index contributed by atoms with van der Waals surface area (Å²) in [7, 11) is 1.65. The van der Waals surface area contributed by atoms with E-state index in [1.54, 1.807) is 11.9 Å². The van der Waals surface area contributed by atoms with Crippen molar-refractivity contribution in [3.8, 4) is 0 Å². The van der Waals surface area contributed by atoms with Crippen molar-refractivity contribution in [2.75, 3.05) is 18.5 Å². The first-order valence-corrected chi connectivity index (χ1v) is 6.33. The Bertz CT molecular complexity index is 555. The van der Waals surface area contributed by atoms with Gasteiger partial charge >= 0.3 is 6.03 Å². The zero-order valence-electron chi connectivity index (χ0n) is 11.8. The minimum absolute atomic E-state index is 0.145. The summed E-state index contributed by atoms with van der Waals surface area (Å²) in [6, 6.07) is 5.86. The first-order valence-electron chi connectivity index (χ1n) is 6.33. The van der Waals surface area contributed by atoms with Crippen molar-refractivity contribution in [1.29, 1.82) is 5.41 Å². The van der Waals surface area contributed by atoms with Crippen molar-refractivity contribution in [2.24, 2.45) is 0 Å². The van der Waals surface area contributed by atoms with Crippen LogP contribution in [0.4, 0.5) is 10.5 Å². The molecule has 1 heterocycles. The van der Waals surface area contributed by atoms with Crippen LogP contribution in [0.3, 0.4) is 0 Å². The van der Waals surface area contributed by atoms with E-state index in [0.29, 0.717) is 6.54 Å². The Morgan fingerprint density at radius 2 is 1.84 bits per heavy atom. The number of anilines is 1. The van der Waals surface area contributed by atoms with Gasteiger partial charge in [0.2, 0.25) is 0 Å². The van der Waals surface area contributed by atoms with Crippen molar-refractivity contribution in [1.82, 2.24) is 4.90 Å². The predicted octanol–water partition coefficient (Wildman–Crippen LogP) is 3.10. The van der Waals surface area contributed by atoms with Gasteiger partial charge in [-0.05, 0) is 31.9 Å². The van der Waals surface area contributed by atoms with Crippen molar-refractivity contribution in [3.05, 3.63) is 41.0 Å². The molecule has 4 nitrogen and oxygen atoms in total. The molecule has 1 saturated heterocycles. The number of nitrogens with one attached hydrogen (secondary N) is 1. The topological polar surface area (TPSA) is 47.4 Å². The summed E-state index contributed by atoms with van der Waals surface area (Å²) in [4.78, 5) is 15.5. The van der Waals surface area contributed by atoms with Gasteiger partial charge in [0.05, 0.1) is 12.2 Å². The summed E-state index contributed by atoms with van der Waals surface area (Å²) in [5.41, 5.74) is 3.97. The molecule has 0 spiro atoms. The fourth-order valence-corrected chi connectivity index (χ4v) is 2.44. The van der Waals surface area contributed by atoms with E-state index in [1.807, 2.05) is 45.0 Å². The Morgan fingerprint density at radius 3 is 2.37 bits per heavy atom. The molecule has 0 bridgehead atoms. The second-order valence-electron chi connectivity index (χ2n) is 4.83. The van der Waals surface area contributed by atoms with Crippen molar-refractivity contribution < 1.29 is 4.79 Å². The maximum absolute atomic E-state index is 12.4. The number of aryl methyl sites for hydroxylation is 2. The van der Waals surface area contributed by atoms with Gasteiger partial charge in [-0.3, -0.25) is 15.2 Å². The van der Waals surface area contributed by atoms with Crippen LogP contribution in [0.15, 0.2) is 29.8 Å². The van der Waals surface area contributed by atoms with E-state index < -0.39 is 0 Å². The van der Waals surface area contributed by atoms with Crippen LogP contribution in [-0.4, -0.2) is 30.4 Å². The molecule has 0 aromatic heterocycles. The number of carbonyl (C=O) groups excluding carboxylic acids is 1. The second-order valence-corrected chi connectivity index (χ2v) is 4.83.